The maximum absolute atomic E-state index is 12.3. The number of carbonyl (C=O) groups is 2. The molecular weight excluding hydrogens is 360 g/mol. The van der Waals surface area contributed by atoms with Crippen LogP contribution in [0.3, 0.4) is 0 Å². The summed E-state index contributed by atoms with van der Waals surface area (Å²) in [5, 5.41) is 13.2. The smallest absolute Gasteiger partial charge is 0.255 e. The van der Waals surface area contributed by atoms with Crippen molar-refractivity contribution in [3.63, 3.8) is 0 Å². The second-order valence-electron chi connectivity index (χ2n) is 7.33. The number of nitrogens with zero attached hydrogens (tertiary/aromatic N) is 3. The Morgan fingerprint density at radius 3 is 2.44 bits per heavy atom. The number of nitriles is 1. The van der Waals surface area contributed by atoms with Crippen molar-refractivity contribution < 1.29 is 9.59 Å². The fourth-order valence-corrected chi connectivity index (χ4v) is 4.38. The Bertz CT molecular complexity index is 700. The number of likely N-dealkylation sites (tertiary alicyclic amines) is 1. The first kappa shape index (κ1) is 19.7. The summed E-state index contributed by atoms with van der Waals surface area (Å²) >= 11 is 1.33. The van der Waals surface area contributed by atoms with E-state index >= 15 is 0 Å². The van der Waals surface area contributed by atoms with Gasteiger partial charge in [-0.25, -0.2) is 4.98 Å². The van der Waals surface area contributed by atoms with Crippen molar-refractivity contribution in [1.29, 1.82) is 5.26 Å². The number of hydrogen-bond acceptors (Lipinski definition) is 5. The minimum atomic E-state index is -0.715. The number of hydrogen-bond donors (Lipinski definition) is 1. The molecule has 0 unspecified atom stereocenters. The molecule has 1 saturated heterocycles. The molecule has 144 valence electrons. The van der Waals surface area contributed by atoms with Gasteiger partial charge in [-0.2, -0.15) is 5.26 Å². The topological polar surface area (TPSA) is 86.1 Å². The summed E-state index contributed by atoms with van der Waals surface area (Å²) < 4.78 is 0. The van der Waals surface area contributed by atoms with Gasteiger partial charge in [0.2, 0.25) is 5.91 Å². The molecule has 2 amide bonds. The van der Waals surface area contributed by atoms with Crippen LogP contribution < -0.4 is 5.32 Å². The minimum absolute atomic E-state index is 0.0265. The van der Waals surface area contributed by atoms with Crippen molar-refractivity contribution in [3.8, 4) is 6.07 Å². The highest BCUT2D eigenvalue weighted by atomic mass is 32.2. The average Bonchev–Trinajstić information content (AvgIpc) is 3.14. The molecule has 1 aliphatic heterocycles. The van der Waals surface area contributed by atoms with E-state index in [1.807, 2.05) is 4.90 Å². The van der Waals surface area contributed by atoms with Crippen molar-refractivity contribution in [2.24, 2.45) is 0 Å². The highest BCUT2D eigenvalue weighted by molar-refractivity contribution is 7.99. The molecule has 0 bridgehead atoms. The van der Waals surface area contributed by atoms with E-state index in [9.17, 15) is 14.9 Å². The minimum Gasteiger partial charge on any atom is -0.339 e. The van der Waals surface area contributed by atoms with E-state index in [1.165, 1.54) is 11.8 Å². The first-order chi connectivity index (χ1) is 13.1. The maximum Gasteiger partial charge on any atom is 0.255 e. The maximum atomic E-state index is 12.3. The Morgan fingerprint density at radius 1 is 1.15 bits per heavy atom. The number of nitrogens with one attached hydrogen (secondary N) is 1. The van der Waals surface area contributed by atoms with E-state index in [0.717, 1.165) is 64.5 Å². The first-order valence-electron chi connectivity index (χ1n) is 9.72. The third-order valence-electron chi connectivity index (χ3n) is 5.28. The monoisotopic (exact) mass is 386 g/mol. The van der Waals surface area contributed by atoms with Crippen LogP contribution in [0, 0.1) is 11.3 Å². The molecule has 6 nitrogen and oxygen atoms in total. The number of pyridine rings is 1. The van der Waals surface area contributed by atoms with Gasteiger partial charge in [-0.15, -0.1) is 0 Å². The highest BCUT2D eigenvalue weighted by Gasteiger charge is 2.32. The summed E-state index contributed by atoms with van der Waals surface area (Å²) in [5.74, 6) is 0.108. The van der Waals surface area contributed by atoms with Gasteiger partial charge in [0.05, 0.1) is 22.4 Å². The Balaban J connectivity index is 1.51. The number of carbonyl (C=O) groups excluding carboxylic acids is 2. The van der Waals surface area contributed by atoms with Crippen LogP contribution in [-0.4, -0.2) is 46.1 Å². The quantitative estimate of drug-likeness (QED) is 0.621. The molecule has 7 heteroatoms. The van der Waals surface area contributed by atoms with Crippen molar-refractivity contribution in [2.75, 3.05) is 18.8 Å². The zero-order valence-electron chi connectivity index (χ0n) is 15.6. The Hall–Kier alpha value is -2.07. The number of amides is 2. The van der Waals surface area contributed by atoms with Crippen LogP contribution in [0.2, 0.25) is 0 Å². The molecule has 0 radical (unpaired) electrons. The molecule has 0 aromatic carbocycles. The molecule has 2 heterocycles. The second kappa shape index (κ2) is 9.23. The lowest BCUT2D eigenvalue weighted by Gasteiger charge is -2.26. The van der Waals surface area contributed by atoms with Gasteiger partial charge in [0.15, 0.2) is 0 Å². The van der Waals surface area contributed by atoms with E-state index in [1.54, 1.807) is 18.3 Å². The van der Waals surface area contributed by atoms with Gasteiger partial charge in [0.1, 0.15) is 5.54 Å². The molecule has 1 saturated carbocycles. The van der Waals surface area contributed by atoms with Gasteiger partial charge >= 0.3 is 0 Å². The van der Waals surface area contributed by atoms with Crippen molar-refractivity contribution in [1.82, 2.24) is 15.2 Å². The lowest BCUT2D eigenvalue weighted by Crippen LogP contribution is -2.47. The fraction of sp³-hybridized carbons (Fsp3) is 0.600. The first-order valence-corrected chi connectivity index (χ1v) is 10.7. The van der Waals surface area contributed by atoms with E-state index in [2.05, 4.69) is 16.4 Å². The molecule has 0 spiro atoms. The van der Waals surface area contributed by atoms with E-state index in [4.69, 9.17) is 0 Å². The van der Waals surface area contributed by atoms with Gasteiger partial charge in [-0.3, -0.25) is 9.59 Å². The fourth-order valence-electron chi connectivity index (χ4n) is 3.73. The average molecular weight is 387 g/mol. The lowest BCUT2D eigenvalue weighted by molar-refractivity contribution is -0.120. The summed E-state index contributed by atoms with van der Waals surface area (Å²) in [6, 6.07) is 5.89. The third-order valence-corrected chi connectivity index (χ3v) is 6.22. The normalized spacial score (nSPS) is 19.1. The Morgan fingerprint density at radius 2 is 1.85 bits per heavy atom. The van der Waals surface area contributed by atoms with Gasteiger partial charge in [0, 0.05) is 19.3 Å². The molecule has 0 atom stereocenters. The summed E-state index contributed by atoms with van der Waals surface area (Å²) in [7, 11) is 0. The second-order valence-corrected chi connectivity index (χ2v) is 8.33. The molecule has 1 aromatic heterocycles. The number of thioether (sulfide) groups is 1. The Labute approximate surface area is 164 Å². The molecule has 1 aliphatic carbocycles. The summed E-state index contributed by atoms with van der Waals surface area (Å²) in [5.41, 5.74) is -0.124. The molecular formula is C20H26N4O2S. The zero-order valence-corrected chi connectivity index (χ0v) is 16.4. The number of rotatable bonds is 5. The largest absolute Gasteiger partial charge is 0.339 e. The Kier molecular flexibility index (Phi) is 6.73. The van der Waals surface area contributed by atoms with Gasteiger partial charge < -0.3 is 10.2 Å². The van der Waals surface area contributed by atoms with Crippen molar-refractivity contribution >= 4 is 23.6 Å². The van der Waals surface area contributed by atoms with E-state index in [-0.39, 0.29) is 17.6 Å². The van der Waals surface area contributed by atoms with Crippen LogP contribution in [0.5, 0.6) is 0 Å². The molecule has 1 N–H and O–H groups in total. The van der Waals surface area contributed by atoms with Crippen LogP contribution in [0.1, 0.15) is 61.7 Å². The van der Waals surface area contributed by atoms with Crippen LogP contribution in [0.15, 0.2) is 23.4 Å². The lowest BCUT2D eigenvalue weighted by atomic mass is 9.92. The van der Waals surface area contributed by atoms with Gasteiger partial charge in [0.25, 0.3) is 5.91 Å². The van der Waals surface area contributed by atoms with Crippen LogP contribution in [-0.2, 0) is 4.79 Å². The molecule has 27 heavy (non-hydrogen) atoms. The zero-order chi connectivity index (χ0) is 19.1. The summed E-state index contributed by atoms with van der Waals surface area (Å²) in [4.78, 5) is 30.8. The SMILES string of the molecule is N#CC1(NC(=O)CSc2ccc(C(=O)N3CCCC3)cn2)CCCCCC1. The van der Waals surface area contributed by atoms with E-state index in [0.29, 0.717) is 10.6 Å². The molecule has 1 aromatic rings. The molecule has 3 rings (SSSR count). The summed E-state index contributed by atoms with van der Waals surface area (Å²) in [6.07, 6.45) is 9.38. The molecule has 2 aliphatic rings. The van der Waals surface area contributed by atoms with Crippen LogP contribution >= 0.6 is 11.8 Å². The number of aromatic nitrogens is 1. The van der Waals surface area contributed by atoms with Gasteiger partial charge in [-0.1, -0.05) is 37.4 Å². The van der Waals surface area contributed by atoms with E-state index < -0.39 is 5.54 Å². The molecule has 2 fully saturated rings. The highest BCUT2D eigenvalue weighted by Crippen LogP contribution is 2.27. The van der Waals surface area contributed by atoms with Crippen molar-refractivity contribution in [2.45, 2.75) is 61.9 Å². The predicted octanol–water partition coefficient (Wildman–Crippen LogP) is 3.14. The predicted molar refractivity (Wildman–Crippen MR) is 104 cm³/mol. The van der Waals surface area contributed by atoms with Crippen LogP contribution in [0.25, 0.3) is 0 Å². The standard InChI is InChI=1S/C20H26N4O2S/c21-15-20(9-3-1-2-4-10-20)23-17(25)14-27-18-8-7-16(13-22-18)19(26)24-11-5-6-12-24/h7-8,13H,1-6,9-12,14H2,(H,23,25). The van der Waals surface area contributed by atoms with Gasteiger partial charge in [-0.05, 0) is 37.8 Å². The van der Waals surface area contributed by atoms with Crippen LogP contribution in [0.4, 0.5) is 0 Å². The summed E-state index contributed by atoms with van der Waals surface area (Å²) in [6.45, 7) is 1.63. The van der Waals surface area contributed by atoms with Crippen molar-refractivity contribution in [3.05, 3.63) is 23.9 Å². The third kappa shape index (κ3) is 5.23.